The molecule has 1 amide bonds. The van der Waals surface area contributed by atoms with Crippen LogP contribution in [0.5, 0.6) is 11.5 Å². The number of rotatable bonds is 5. The van der Waals surface area contributed by atoms with E-state index in [1.54, 1.807) is 24.3 Å². The Kier molecular flexibility index (Phi) is 6.27. The Morgan fingerprint density at radius 1 is 1.00 bits per heavy atom. The van der Waals surface area contributed by atoms with E-state index in [1.165, 1.54) is 14.2 Å². The van der Waals surface area contributed by atoms with E-state index in [2.05, 4.69) is 5.32 Å². The summed E-state index contributed by atoms with van der Waals surface area (Å²) in [5.74, 6) is -1.11. The first kappa shape index (κ1) is 27.1. The number of ether oxygens (including phenoxy) is 2. The average Bonchev–Trinajstić information content (AvgIpc) is 3.43. The summed E-state index contributed by atoms with van der Waals surface area (Å²) in [5.41, 5.74) is 0.906. The van der Waals surface area contributed by atoms with Crippen molar-refractivity contribution in [3.8, 4) is 11.5 Å². The number of methoxy groups -OCH3 is 2. The van der Waals surface area contributed by atoms with Crippen LogP contribution in [-0.2, 0) is 15.0 Å². The smallest absolute Gasteiger partial charge is 0.238 e. The Labute approximate surface area is 244 Å². The second-order valence-corrected chi connectivity index (χ2v) is 12.2. The number of amides is 1. The lowest BCUT2D eigenvalue weighted by Gasteiger charge is -2.38. The second-order valence-electron chi connectivity index (χ2n) is 11.8. The molecule has 0 aliphatic carbocycles. The summed E-state index contributed by atoms with van der Waals surface area (Å²) in [6.45, 7) is 5.52. The molecule has 3 aliphatic rings. The van der Waals surface area contributed by atoms with Gasteiger partial charge in [-0.1, -0.05) is 62.7 Å². The molecule has 0 saturated carbocycles. The van der Waals surface area contributed by atoms with E-state index >= 15 is 4.79 Å². The van der Waals surface area contributed by atoms with Gasteiger partial charge in [-0.2, -0.15) is 0 Å². The average molecular weight is 571 g/mol. The van der Waals surface area contributed by atoms with Crippen molar-refractivity contribution in [3.05, 3.63) is 88.5 Å². The van der Waals surface area contributed by atoms with Crippen molar-refractivity contribution >= 4 is 46.5 Å². The first-order chi connectivity index (χ1) is 19.5. The maximum absolute atomic E-state index is 15.0. The Balaban J connectivity index is 1.70. The van der Waals surface area contributed by atoms with Crippen LogP contribution in [0.3, 0.4) is 0 Å². The quantitative estimate of drug-likeness (QED) is 0.382. The standard InChI is InChI=1S/C33H31ClN2O5/c1-32(2,3)30(38)28-27(29(37)21-17-20(40-4)12-14-25(21)41-5)33(22-8-6-7-9-23(22)35-31(33)39)26-15-10-18-16-19(34)11-13-24(18)36(26)28/h6-17,26-28H,1-5H3,(H,35,39). The molecule has 6 rings (SSSR count). The molecule has 41 heavy (non-hydrogen) atoms. The summed E-state index contributed by atoms with van der Waals surface area (Å²) in [6, 6.07) is 16.3. The third kappa shape index (κ3) is 3.82. The van der Waals surface area contributed by atoms with Crippen molar-refractivity contribution in [3.63, 3.8) is 0 Å². The van der Waals surface area contributed by atoms with Crippen LogP contribution in [0.15, 0.2) is 66.7 Å². The van der Waals surface area contributed by atoms with E-state index in [-0.39, 0.29) is 23.0 Å². The number of halogens is 1. The van der Waals surface area contributed by atoms with Crippen LogP contribution < -0.4 is 19.7 Å². The Morgan fingerprint density at radius 2 is 1.76 bits per heavy atom. The summed E-state index contributed by atoms with van der Waals surface area (Å²) in [4.78, 5) is 45.9. The zero-order valence-corrected chi connectivity index (χ0v) is 24.3. The summed E-state index contributed by atoms with van der Waals surface area (Å²) < 4.78 is 11.1. The fourth-order valence-electron chi connectivity index (χ4n) is 6.77. The molecule has 0 aromatic heterocycles. The van der Waals surface area contributed by atoms with Gasteiger partial charge < -0.3 is 19.7 Å². The number of fused-ring (bicyclic) bond motifs is 6. The van der Waals surface area contributed by atoms with Crippen LogP contribution in [0.2, 0.25) is 5.02 Å². The lowest BCUT2D eigenvalue weighted by Crippen LogP contribution is -2.51. The van der Waals surface area contributed by atoms with Crippen molar-refractivity contribution in [1.29, 1.82) is 0 Å². The van der Waals surface area contributed by atoms with Crippen molar-refractivity contribution in [2.75, 3.05) is 24.4 Å². The molecule has 1 fully saturated rings. The third-order valence-corrected chi connectivity index (χ3v) is 8.79. The maximum atomic E-state index is 15.0. The minimum atomic E-state index is -1.40. The van der Waals surface area contributed by atoms with Crippen LogP contribution >= 0.6 is 11.6 Å². The van der Waals surface area contributed by atoms with Gasteiger partial charge in [-0.25, -0.2) is 0 Å². The van der Waals surface area contributed by atoms with Gasteiger partial charge in [0.15, 0.2) is 11.6 Å². The zero-order valence-electron chi connectivity index (χ0n) is 23.5. The fraction of sp³-hybridized carbons (Fsp3) is 0.303. The molecule has 8 heteroatoms. The number of benzene rings is 3. The van der Waals surface area contributed by atoms with Gasteiger partial charge in [-0.15, -0.1) is 0 Å². The summed E-state index contributed by atoms with van der Waals surface area (Å²) in [7, 11) is 3.01. The van der Waals surface area contributed by atoms with Gasteiger partial charge in [-0.3, -0.25) is 14.4 Å². The van der Waals surface area contributed by atoms with E-state index in [9.17, 15) is 9.59 Å². The van der Waals surface area contributed by atoms with Crippen LogP contribution in [0.4, 0.5) is 11.4 Å². The van der Waals surface area contributed by atoms with E-state index < -0.39 is 28.8 Å². The highest BCUT2D eigenvalue weighted by molar-refractivity contribution is 6.31. The molecule has 0 radical (unpaired) electrons. The van der Waals surface area contributed by atoms with Crippen molar-refractivity contribution in [2.45, 2.75) is 38.3 Å². The fourth-order valence-corrected chi connectivity index (χ4v) is 6.95. The molecular formula is C33H31ClN2O5. The number of nitrogens with zero attached hydrogens (tertiary/aromatic N) is 1. The first-order valence-corrected chi connectivity index (χ1v) is 13.9. The van der Waals surface area contributed by atoms with Gasteiger partial charge in [-0.05, 0) is 53.6 Å². The molecule has 1 N–H and O–H groups in total. The van der Waals surface area contributed by atoms with E-state index in [1.807, 2.05) is 74.2 Å². The normalized spacial score (nSPS) is 24.0. The second kappa shape index (κ2) is 9.48. The molecule has 3 aromatic rings. The highest BCUT2D eigenvalue weighted by Gasteiger charge is 2.71. The van der Waals surface area contributed by atoms with Gasteiger partial charge in [0.05, 0.1) is 31.7 Å². The zero-order chi connectivity index (χ0) is 29.3. The van der Waals surface area contributed by atoms with Crippen LogP contribution in [-0.4, -0.2) is 43.8 Å². The summed E-state index contributed by atoms with van der Waals surface area (Å²) >= 11 is 6.36. The van der Waals surface area contributed by atoms with Gasteiger partial charge in [0.2, 0.25) is 5.91 Å². The molecule has 210 valence electrons. The van der Waals surface area contributed by atoms with E-state index in [0.717, 1.165) is 11.3 Å². The van der Waals surface area contributed by atoms with Crippen molar-refractivity contribution < 1.29 is 23.9 Å². The summed E-state index contributed by atoms with van der Waals surface area (Å²) in [5, 5.41) is 3.59. The number of carbonyl (C=O) groups is 3. The third-order valence-electron chi connectivity index (χ3n) is 8.56. The van der Waals surface area contributed by atoms with Crippen LogP contribution in [0, 0.1) is 11.3 Å². The number of para-hydroxylation sites is 1. The minimum absolute atomic E-state index is 0.145. The molecule has 7 nitrogen and oxygen atoms in total. The first-order valence-electron chi connectivity index (χ1n) is 13.5. The molecule has 1 saturated heterocycles. The number of hydrogen-bond acceptors (Lipinski definition) is 6. The Morgan fingerprint density at radius 3 is 2.46 bits per heavy atom. The van der Waals surface area contributed by atoms with E-state index in [4.69, 9.17) is 21.1 Å². The van der Waals surface area contributed by atoms with Crippen LogP contribution in [0.25, 0.3) is 6.08 Å². The molecule has 4 unspecified atom stereocenters. The predicted octanol–water partition coefficient (Wildman–Crippen LogP) is 5.95. The summed E-state index contributed by atoms with van der Waals surface area (Å²) in [6.07, 6.45) is 3.86. The Hall–Kier alpha value is -4.10. The molecule has 0 bridgehead atoms. The van der Waals surface area contributed by atoms with Gasteiger partial charge in [0, 0.05) is 21.8 Å². The molecular weight excluding hydrogens is 540 g/mol. The van der Waals surface area contributed by atoms with Gasteiger partial charge in [0.25, 0.3) is 0 Å². The SMILES string of the molecule is COc1ccc(OC)c(C(=O)C2C(C(=O)C(C)(C)C)N3c4ccc(Cl)cc4C=CC3C23C(=O)Nc2ccccc23)c1. The number of ketones is 2. The number of hydrogen-bond donors (Lipinski definition) is 1. The topological polar surface area (TPSA) is 84.9 Å². The van der Waals surface area contributed by atoms with E-state index in [0.29, 0.717) is 27.8 Å². The maximum Gasteiger partial charge on any atom is 0.238 e. The molecule has 3 aliphatic heterocycles. The van der Waals surface area contributed by atoms with Gasteiger partial charge in [0.1, 0.15) is 23.0 Å². The van der Waals surface area contributed by atoms with Gasteiger partial charge >= 0.3 is 0 Å². The number of carbonyl (C=O) groups excluding carboxylic acids is 3. The molecule has 4 atom stereocenters. The largest absolute Gasteiger partial charge is 0.497 e. The van der Waals surface area contributed by atoms with Crippen LogP contribution in [0.1, 0.15) is 42.3 Å². The number of Topliss-reactive ketones (excluding diaryl/α,β-unsaturated/α-hetero) is 2. The number of anilines is 2. The predicted molar refractivity (Wildman–Crippen MR) is 159 cm³/mol. The molecule has 3 aromatic carbocycles. The van der Waals surface area contributed by atoms with Crippen molar-refractivity contribution in [1.82, 2.24) is 0 Å². The number of nitrogens with one attached hydrogen (secondary N) is 1. The molecule has 3 heterocycles. The highest BCUT2D eigenvalue weighted by Crippen LogP contribution is 2.59. The highest BCUT2D eigenvalue weighted by atomic mass is 35.5. The molecule has 1 spiro atoms. The Bertz CT molecular complexity index is 1640. The monoisotopic (exact) mass is 570 g/mol. The minimum Gasteiger partial charge on any atom is -0.497 e. The lowest BCUT2D eigenvalue weighted by atomic mass is 9.63. The van der Waals surface area contributed by atoms with Crippen molar-refractivity contribution in [2.24, 2.45) is 11.3 Å². The lowest BCUT2D eigenvalue weighted by molar-refractivity contribution is -0.128.